The average Bonchev–Trinajstić information content (AvgIpc) is 2.29. The van der Waals surface area contributed by atoms with Gasteiger partial charge in [0.05, 0.1) is 0 Å². The average molecular weight is 370 g/mol. The molecular formula is C4H16ClN6NiO8-3. The van der Waals surface area contributed by atoms with Crippen molar-refractivity contribution in [3.63, 3.8) is 0 Å². The topological polar surface area (TPSA) is 301 Å². The maximum atomic E-state index is 8.49. The van der Waals surface area contributed by atoms with Gasteiger partial charge in [-0.05, 0) is 0 Å². The van der Waals surface area contributed by atoms with Gasteiger partial charge in [0.25, 0.3) is 0 Å². The Morgan fingerprint density at radius 2 is 0.750 bits per heavy atom. The summed E-state index contributed by atoms with van der Waals surface area (Å²) in [6.45, 7) is 2.39. The second kappa shape index (κ2) is 42.9. The van der Waals surface area contributed by atoms with E-state index >= 15 is 0 Å². The third-order valence-corrected chi connectivity index (χ3v) is 0.333. The Hall–Kier alpha value is -0.736. The zero-order valence-electron chi connectivity index (χ0n) is 9.99. The summed E-state index contributed by atoms with van der Waals surface area (Å²) < 4.78 is 34.0. The summed E-state index contributed by atoms with van der Waals surface area (Å²) in [6, 6.07) is 0. The van der Waals surface area contributed by atoms with Gasteiger partial charge in [-0.2, -0.15) is 0 Å². The summed E-state index contributed by atoms with van der Waals surface area (Å²) in [5.41, 5.74) is 19.6. The third-order valence-electron chi connectivity index (χ3n) is 0.333. The van der Waals surface area contributed by atoms with Crippen LogP contribution >= 0.6 is 0 Å². The van der Waals surface area contributed by atoms with Crippen LogP contribution in [0.5, 0.6) is 0 Å². The molecule has 20 heavy (non-hydrogen) atoms. The molecule has 0 saturated carbocycles. The third kappa shape index (κ3) is 2860. The minimum Gasteiger partial charge on any atom is -0.444 e. The minimum absolute atomic E-state index is 0. The van der Waals surface area contributed by atoms with Crippen LogP contribution in [0.2, 0.25) is 0 Å². The summed E-state index contributed by atoms with van der Waals surface area (Å²) in [6.07, 6.45) is 0. The summed E-state index contributed by atoms with van der Waals surface area (Å²) >= 11 is 0. The summed E-state index contributed by atoms with van der Waals surface area (Å²) in [5.74, 6) is 0. The smallest absolute Gasteiger partial charge is 0.00461 e. The molecule has 0 amide bonds. The molecule has 0 saturated heterocycles. The van der Waals surface area contributed by atoms with Crippen LogP contribution in [-0.4, -0.2) is 26.2 Å². The van der Waals surface area contributed by atoms with Crippen LogP contribution in [0.4, 0.5) is 0 Å². The molecule has 0 aliphatic carbocycles. The number of nitrogens with zero attached hydrogens (tertiary/aromatic N) is 2. The van der Waals surface area contributed by atoms with Crippen molar-refractivity contribution in [2.75, 3.05) is 26.2 Å². The maximum Gasteiger partial charge on any atom is 0.00461 e. The van der Waals surface area contributed by atoms with Gasteiger partial charge in [-0.15, -0.1) is 20.9 Å². The first-order valence-electron chi connectivity index (χ1n) is 3.98. The SMILES string of the molecule is NCCN.NCCN.O=N[O-].O=N[O-].[Ni].[O-][Cl+3]([O-])([O-])[O-]. The molecule has 0 aliphatic rings. The van der Waals surface area contributed by atoms with Gasteiger partial charge in [0, 0.05) is 42.7 Å². The second-order valence-electron chi connectivity index (χ2n) is 1.68. The van der Waals surface area contributed by atoms with E-state index in [1.165, 1.54) is 0 Å². The Kier molecular flexibility index (Phi) is 78.4. The molecule has 0 spiro atoms. The minimum atomic E-state index is -4.94. The van der Waals surface area contributed by atoms with Crippen LogP contribution in [0.1, 0.15) is 0 Å². The van der Waals surface area contributed by atoms with Crippen LogP contribution in [-0.2, 0) is 16.5 Å². The second-order valence-corrected chi connectivity index (χ2v) is 2.44. The monoisotopic (exact) mass is 369 g/mol. The van der Waals surface area contributed by atoms with E-state index in [9.17, 15) is 0 Å². The first-order valence-corrected chi connectivity index (χ1v) is 5.21. The van der Waals surface area contributed by atoms with Crippen molar-refractivity contribution >= 4 is 0 Å². The zero-order valence-corrected chi connectivity index (χ0v) is 11.7. The predicted molar refractivity (Wildman–Crippen MR) is 54.5 cm³/mol. The van der Waals surface area contributed by atoms with Crippen molar-refractivity contribution in [2.24, 2.45) is 33.6 Å². The van der Waals surface area contributed by atoms with Gasteiger partial charge in [-0.3, -0.25) is 0 Å². The number of hydrogen-bond donors (Lipinski definition) is 4. The molecule has 0 aromatic rings. The van der Waals surface area contributed by atoms with Crippen molar-refractivity contribution in [1.82, 2.24) is 0 Å². The molecule has 0 fully saturated rings. The number of halogens is 1. The molecule has 0 unspecified atom stereocenters. The van der Waals surface area contributed by atoms with E-state index in [0.29, 0.717) is 26.2 Å². The quantitative estimate of drug-likeness (QED) is 0.200. The zero-order chi connectivity index (χ0) is 16.7. The largest absolute Gasteiger partial charge is 0.444 e. The van der Waals surface area contributed by atoms with Gasteiger partial charge in [-0.25, -0.2) is 18.6 Å². The molecule has 0 atom stereocenters. The van der Waals surface area contributed by atoms with E-state index < -0.39 is 10.2 Å². The molecule has 14 nitrogen and oxygen atoms in total. The van der Waals surface area contributed by atoms with Crippen molar-refractivity contribution in [3.05, 3.63) is 20.2 Å². The number of rotatable bonds is 2. The Morgan fingerprint density at radius 3 is 0.750 bits per heavy atom. The number of hydrogen-bond acceptors (Lipinski definition) is 14. The van der Waals surface area contributed by atoms with E-state index in [1.54, 1.807) is 0 Å². The normalized spacial score (nSPS) is 7.20. The van der Waals surface area contributed by atoms with E-state index in [-0.39, 0.29) is 16.5 Å². The van der Waals surface area contributed by atoms with Crippen molar-refractivity contribution in [2.45, 2.75) is 0 Å². The molecule has 0 aromatic carbocycles. The first-order chi connectivity index (χ1) is 8.66. The van der Waals surface area contributed by atoms with Gasteiger partial charge in [0.1, 0.15) is 0 Å². The molecule has 0 bridgehead atoms. The maximum absolute atomic E-state index is 8.49. The van der Waals surface area contributed by atoms with Crippen molar-refractivity contribution in [1.29, 1.82) is 0 Å². The Bertz CT molecular complexity index is 133. The van der Waals surface area contributed by atoms with E-state index in [1.807, 2.05) is 0 Å². The Balaban J connectivity index is -0.0000000307. The predicted octanol–water partition coefficient (Wildman–Crippen LogP) is -6.45. The van der Waals surface area contributed by atoms with Crippen LogP contribution in [0.15, 0.2) is 10.7 Å². The van der Waals surface area contributed by atoms with Crippen LogP contribution in [0.25, 0.3) is 0 Å². The van der Waals surface area contributed by atoms with Gasteiger partial charge >= 0.3 is 0 Å². The van der Waals surface area contributed by atoms with Crippen LogP contribution in [0.3, 0.4) is 0 Å². The fraction of sp³-hybridized carbons (Fsp3) is 1.00. The Labute approximate surface area is 126 Å². The standard InChI is InChI=1S/2C2H8N2.ClHO4.2HNO2.Ni/c2*3-1-2-4;2-1(3,4)5;2*2-1-3;/h2*1-4H2;(H,2,3,4,5);2*(H,2,3);/p-3. The number of nitrogens with two attached hydrogens (primary N) is 4. The molecule has 0 radical (unpaired) electrons. The molecular weight excluding hydrogens is 354 g/mol. The Morgan fingerprint density at radius 1 is 0.700 bits per heavy atom. The van der Waals surface area contributed by atoms with Crippen LogP contribution in [0, 0.1) is 30.5 Å². The molecule has 0 aliphatic heterocycles. The van der Waals surface area contributed by atoms with Gasteiger partial charge < -0.3 is 43.2 Å². The fourth-order valence-electron chi connectivity index (χ4n) is 0. The van der Waals surface area contributed by atoms with Crippen molar-refractivity contribution in [3.8, 4) is 0 Å². The molecule has 0 rings (SSSR count). The van der Waals surface area contributed by atoms with E-state index in [2.05, 4.69) is 0 Å². The van der Waals surface area contributed by atoms with Crippen LogP contribution < -0.4 is 41.6 Å². The van der Waals surface area contributed by atoms with Gasteiger partial charge in [0.2, 0.25) is 0 Å². The summed E-state index contributed by atoms with van der Waals surface area (Å²) in [4.78, 5) is 16.0. The molecule has 130 valence electrons. The first kappa shape index (κ1) is 36.5. The van der Waals surface area contributed by atoms with E-state index in [4.69, 9.17) is 61.8 Å². The molecule has 0 aromatic heterocycles. The summed E-state index contributed by atoms with van der Waals surface area (Å²) in [5, 5.41) is 18.0. The fourth-order valence-corrected chi connectivity index (χ4v) is 0. The molecule has 16 heteroatoms. The molecule has 0 heterocycles. The van der Waals surface area contributed by atoms with Crippen molar-refractivity contribution < 1.29 is 45.4 Å². The van der Waals surface area contributed by atoms with E-state index in [0.717, 1.165) is 10.7 Å². The van der Waals surface area contributed by atoms with Gasteiger partial charge in [-0.1, -0.05) is 0 Å². The van der Waals surface area contributed by atoms with Gasteiger partial charge in [0.15, 0.2) is 0 Å². The summed E-state index contributed by atoms with van der Waals surface area (Å²) in [7, 11) is -4.94. The molecule has 8 N–H and O–H groups in total.